The van der Waals surface area contributed by atoms with Gasteiger partial charge < -0.3 is 20.1 Å². The lowest BCUT2D eigenvalue weighted by Crippen LogP contribution is -2.37. The normalized spacial score (nSPS) is 18.3. The van der Waals surface area contributed by atoms with Gasteiger partial charge in [-0.2, -0.15) is 0 Å². The lowest BCUT2D eigenvalue weighted by Gasteiger charge is -2.37. The zero-order valence-corrected chi connectivity index (χ0v) is 24.2. The molecule has 216 valence electrons. The summed E-state index contributed by atoms with van der Waals surface area (Å²) in [6.07, 6.45) is 0.734. The van der Waals surface area contributed by atoms with Crippen molar-refractivity contribution < 1.29 is 24.0 Å². The average molecular weight is 568 g/mol. The molecule has 0 bridgehead atoms. The highest BCUT2D eigenvalue weighted by Gasteiger charge is 2.41. The van der Waals surface area contributed by atoms with Crippen molar-refractivity contribution in [2.75, 3.05) is 19.5 Å². The minimum Gasteiger partial charge on any atom is -0.493 e. The lowest BCUT2D eigenvalue weighted by atomic mass is 9.71. The Morgan fingerprint density at radius 1 is 0.929 bits per heavy atom. The molecule has 1 amide bonds. The SMILES string of the molecule is COc1ccc([C@H]2CC(=O)C3=C(C2)NC(C)=C(C(=O)Nc2ccc(C)cc2)[C@H]3c2ccc(C)c([N+](=O)[O-])c2)cc1OC. The highest BCUT2D eigenvalue weighted by atomic mass is 16.6. The second-order valence-electron chi connectivity index (χ2n) is 10.8. The Morgan fingerprint density at radius 2 is 1.62 bits per heavy atom. The van der Waals surface area contributed by atoms with Gasteiger partial charge in [0.15, 0.2) is 17.3 Å². The number of nitrogens with one attached hydrogen (secondary N) is 2. The number of methoxy groups -OCH3 is 2. The van der Waals surface area contributed by atoms with Gasteiger partial charge in [-0.05, 0) is 68.5 Å². The van der Waals surface area contributed by atoms with Crippen molar-refractivity contribution in [3.05, 3.63) is 116 Å². The van der Waals surface area contributed by atoms with Crippen LogP contribution in [0.1, 0.15) is 53.9 Å². The first kappa shape index (κ1) is 28.6. The zero-order valence-electron chi connectivity index (χ0n) is 24.2. The minimum absolute atomic E-state index is 0.0596. The summed E-state index contributed by atoms with van der Waals surface area (Å²) in [5.41, 5.74) is 5.68. The van der Waals surface area contributed by atoms with Gasteiger partial charge in [0.1, 0.15) is 0 Å². The van der Waals surface area contributed by atoms with Gasteiger partial charge in [-0.1, -0.05) is 35.9 Å². The highest BCUT2D eigenvalue weighted by molar-refractivity contribution is 6.10. The molecule has 9 nitrogen and oxygen atoms in total. The van der Waals surface area contributed by atoms with Crippen LogP contribution < -0.4 is 20.1 Å². The Labute approximate surface area is 244 Å². The smallest absolute Gasteiger partial charge is 0.272 e. The Kier molecular flexibility index (Phi) is 7.85. The van der Waals surface area contributed by atoms with E-state index in [1.807, 2.05) is 49.4 Å². The van der Waals surface area contributed by atoms with Gasteiger partial charge >= 0.3 is 0 Å². The van der Waals surface area contributed by atoms with Crippen molar-refractivity contribution in [3.8, 4) is 11.5 Å². The molecule has 0 unspecified atom stereocenters. The van der Waals surface area contributed by atoms with Crippen molar-refractivity contribution in [1.82, 2.24) is 5.32 Å². The largest absolute Gasteiger partial charge is 0.493 e. The Hall–Kier alpha value is -4.92. The first-order valence-electron chi connectivity index (χ1n) is 13.7. The Bertz CT molecular complexity index is 1650. The number of Topliss-reactive ketones (excluding diaryl/α,β-unsaturated/α-hetero) is 1. The lowest BCUT2D eigenvalue weighted by molar-refractivity contribution is -0.385. The standard InChI is InChI=1S/C33H33N3O6/c1-18-6-11-24(12-7-18)35-33(38)30-20(3)34-25-14-23(21-10-13-28(41-4)29(17-21)42-5)16-27(37)32(25)31(30)22-9-8-19(2)26(15-22)36(39)40/h6-13,15,17,23,31,34H,14,16H2,1-5H3,(H,35,38)/t23-,31-/m1/s1. The van der Waals surface area contributed by atoms with E-state index in [4.69, 9.17) is 9.47 Å². The summed E-state index contributed by atoms with van der Waals surface area (Å²) in [7, 11) is 3.14. The number of ketones is 1. The van der Waals surface area contributed by atoms with Crippen molar-refractivity contribution in [2.45, 2.75) is 45.4 Å². The number of rotatable bonds is 7. The van der Waals surface area contributed by atoms with Crippen molar-refractivity contribution >= 4 is 23.1 Å². The summed E-state index contributed by atoms with van der Waals surface area (Å²) in [6.45, 7) is 5.43. The molecular weight excluding hydrogens is 534 g/mol. The van der Waals surface area contributed by atoms with Crippen LogP contribution in [0.25, 0.3) is 0 Å². The van der Waals surface area contributed by atoms with Crippen LogP contribution >= 0.6 is 0 Å². The second kappa shape index (κ2) is 11.5. The van der Waals surface area contributed by atoms with E-state index in [2.05, 4.69) is 10.6 Å². The third-order valence-corrected chi connectivity index (χ3v) is 8.02. The van der Waals surface area contributed by atoms with Crippen LogP contribution in [0.3, 0.4) is 0 Å². The van der Waals surface area contributed by atoms with Gasteiger partial charge in [0.25, 0.3) is 11.6 Å². The number of benzene rings is 3. The number of hydrogen-bond donors (Lipinski definition) is 2. The summed E-state index contributed by atoms with van der Waals surface area (Å²) in [6, 6.07) is 18.0. The molecule has 3 aromatic rings. The second-order valence-corrected chi connectivity index (χ2v) is 10.8. The summed E-state index contributed by atoms with van der Waals surface area (Å²) in [5, 5.41) is 18.2. The molecule has 0 spiro atoms. The van der Waals surface area contributed by atoms with E-state index in [1.54, 1.807) is 40.2 Å². The molecule has 0 saturated carbocycles. The molecule has 0 saturated heterocycles. The quantitative estimate of drug-likeness (QED) is 0.257. The topological polar surface area (TPSA) is 120 Å². The molecule has 1 heterocycles. The first-order chi connectivity index (χ1) is 20.1. The van der Waals surface area contributed by atoms with E-state index in [9.17, 15) is 19.7 Å². The van der Waals surface area contributed by atoms with Crippen LogP contribution in [-0.2, 0) is 9.59 Å². The molecule has 0 radical (unpaired) electrons. The molecule has 2 atom stereocenters. The van der Waals surface area contributed by atoms with Gasteiger partial charge in [-0.3, -0.25) is 19.7 Å². The van der Waals surface area contributed by atoms with Crippen molar-refractivity contribution in [3.63, 3.8) is 0 Å². The predicted octanol–water partition coefficient (Wildman–Crippen LogP) is 6.23. The average Bonchev–Trinajstić information content (AvgIpc) is 2.97. The predicted molar refractivity (Wildman–Crippen MR) is 160 cm³/mol. The molecule has 0 aromatic heterocycles. The van der Waals surface area contributed by atoms with Crippen LogP contribution in [0.2, 0.25) is 0 Å². The number of nitro benzene ring substituents is 1. The summed E-state index contributed by atoms with van der Waals surface area (Å²) in [4.78, 5) is 39.2. The van der Waals surface area contributed by atoms with E-state index < -0.39 is 10.8 Å². The number of anilines is 1. The molecule has 2 N–H and O–H groups in total. The Balaban J connectivity index is 1.59. The number of dihydropyridines is 1. The number of aryl methyl sites for hydroxylation is 2. The molecule has 2 aliphatic rings. The zero-order chi connectivity index (χ0) is 30.1. The van der Waals surface area contributed by atoms with E-state index in [0.717, 1.165) is 11.1 Å². The molecule has 3 aromatic carbocycles. The summed E-state index contributed by atoms with van der Waals surface area (Å²) < 4.78 is 10.9. The van der Waals surface area contributed by atoms with E-state index in [-0.39, 0.29) is 29.7 Å². The van der Waals surface area contributed by atoms with Crippen LogP contribution in [-0.4, -0.2) is 30.8 Å². The fraction of sp³-hybridized carbons (Fsp3) is 0.273. The third kappa shape index (κ3) is 5.37. The Morgan fingerprint density at radius 3 is 2.29 bits per heavy atom. The van der Waals surface area contributed by atoms with E-state index in [1.165, 1.54) is 6.07 Å². The maximum absolute atomic E-state index is 14.0. The fourth-order valence-corrected chi connectivity index (χ4v) is 5.85. The number of nitro groups is 1. The molecule has 42 heavy (non-hydrogen) atoms. The van der Waals surface area contributed by atoms with E-state index in [0.29, 0.717) is 57.3 Å². The molecule has 1 aliphatic carbocycles. The van der Waals surface area contributed by atoms with Gasteiger partial charge in [0, 0.05) is 52.2 Å². The molecule has 1 aliphatic heterocycles. The number of carbonyl (C=O) groups excluding carboxylic acids is 2. The van der Waals surface area contributed by atoms with Gasteiger partial charge in [0.2, 0.25) is 0 Å². The van der Waals surface area contributed by atoms with Crippen molar-refractivity contribution in [1.29, 1.82) is 0 Å². The fourth-order valence-electron chi connectivity index (χ4n) is 5.85. The maximum Gasteiger partial charge on any atom is 0.272 e. The molecule has 0 fully saturated rings. The number of nitrogens with zero attached hydrogens (tertiary/aromatic N) is 1. The number of ether oxygens (including phenoxy) is 2. The van der Waals surface area contributed by atoms with E-state index >= 15 is 0 Å². The minimum atomic E-state index is -0.773. The molecule has 5 rings (SSSR count). The van der Waals surface area contributed by atoms with Crippen LogP contribution in [0.4, 0.5) is 11.4 Å². The number of carbonyl (C=O) groups is 2. The van der Waals surface area contributed by atoms with Gasteiger partial charge in [-0.25, -0.2) is 0 Å². The summed E-state index contributed by atoms with van der Waals surface area (Å²) >= 11 is 0. The molecular formula is C33H33N3O6. The van der Waals surface area contributed by atoms with Gasteiger partial charge in [0.05, 0.1) is 19.1 Å². The van der Waals surface area contributed by atoms with Crippen LogP contribution in [0, 0.1) is 24.0 Å². The van der Waals surface area contributed by atoms with Crippen LogP contribution in [0.15, 0.2) is 83.2 Å². The highest BCUT2D eigenvalue weighted by Crippen LogP contribution is 2.47. The van der Waals surface area contributed by atoms with Gasteiger partial charge in [-0.15, -0.1) is 0 Å². The number of allylic oxidation sites excluding steroid dienone is 3. The number of amides is 1. The third-order valence-electron chi connectivity index (χ3n) is 8.02. The van der Waals surface area contributed by atoms with Crippen LogP contribution in [0.5, 0.6) is 11.5 Å². The maximum atomic E-state index is 14.0. The summed E-state index contributed by atoms with van der Waals surface area (Å²) in [5.74, 6) is -0.224. The molecule has 9 heteroatoms. The monoisotopic (exact) mass is 567 g/mol. The van der Waals surface area contributed by atoms with Crippen molar-refractivity contribution in [2.24, 2.45) is 0 Å². The first-order valence-corrected chi connectivity index (χ1v) is 13.7. The number of hydrogen-bond acceptors (Lipinski definition) is 7.